The number of anilines is 1. The molecular formula is C19H21N5S. The van der Waals surface area contributed by atoms with Gasteiger partial charge in [0, 0.05) is 28.9 Å². The Morgan fingerprint density at radius 3 is 2.72 bits per heavy atom. The first kappa shape index (κ1) is 17.3. The predicted octanol–water partition coefficient (Wildman–Crippen LogP) is 4.20. The van der Waals surface area contributed by atoms with E-state index in [9.17, 15) is 5.26 Å². The summed E-state index contributed by atoms with van der Waals surface area (Å²) in [6, 6.07) is 6.22. The third kappa shape index (κ3) is 2.96. The zero-order valence-electron chi connectivity index (χ0n) is 14.7. The van der Waals surface area contributed by atoms with Crippen LogP contribution in [-0.2, 0) is 0 Å². The third-order valence-corrected chi connectivity index (χ3v) is 4.45. The van der Waals surface area contributed by atoms with E-state index in [4.69, 9.17) is 4.98 Å². The molecule has 1 aromatic carbocycles. The number of benzene rings is 1. The van der Waals surface area contributed by atoms with E-state index >= 15 is 0 Å². The average Bonchev–Trinajstić information content (AvgIpc) is 3.03. The molecule has 0 aliphatic rings. The Balaban J connectivity index is 2.47. The Morgan fingerprint density at radius 2 is 2.12 bits per heavy atom. The van der Waals surface area contributed by atoms with Crippen LogP contribution in [-0.4, -0.2) is 27.5 Å². The van der Waals surface area contributed by atoms with E-state index in [2.05, 4.69) is 49.0 Å². The van der Waals surface area contributed by atoms with Crippen molar-refractivity contribution in [2.75, 3.05) is 18.0 Å². The molecule has 0 unspecified atom stereocenters. The number of rotatable bonds is 5. The summed E-state index contributed by atoms with van der Waals surface area (Å²) < 4.78 is 1.92. The second-order valence-electron chi connectivity index (χ2n) is 6.08. The number of hydrogen-bond acceptors (Lipinski definition) is 5. The molecule has 0 aliphatic carbocycles. The second-order valence-corrected chi connectivity index (χ2v) is 6.62. The average molecular weight is 351 g/mol. The molecule has 0 atom stereocenters. The number of hydrogen-bond donors (Lipinski definition) is 1. The molecule has 6 heteroatoms. The molecule has 0 N–H and O–H groups in total. The smallest absolute Gasteiger partial charge is 0.211 e. The molecular weight excluding hydrogens is 330 g/mol. The van der Waals surface area contributed by atoms with Gasteiger partial charge in [-0.05, 0) is 38.0 Å². The summed E-state index contributed by atoms with van der Waals surface area (Å²) in [6.45, 7) is 11.9. The highest BCUT2D eigenvalue weighted by Gasteiger charge is 2.18. The van der Waals surface area contributed by atoms with Crippen molar-refractivity contribution in [3.05, 3.63) is 41.7 Å². The molecule has 0 aliphatic heterocycles. The second kappa shape index (κ2) is 6.77. The summed E-state index contributed by atoms with van der Waals surface area (Å²) in [5.41, 5.74) is 3.92. The standard InChI is InChI=1S/C19H21N5S/c1-5-7-23(6-2)19-22-17-15(13(4)25)8-12(3)9-16(17)18-21-14(10-20)11-24(18)19/h8-9,11,25H,4-7H2,1-3H3. The van der Waals surface area contributed by atoms with Crippen LogP contribution in [0.4, 0.5) is 5.95 Å². The van der Waals surface area contributed by atoms with Crippen molar-refractivity contribution in [3.63, 3.8) is 0 Å². The first-order valence-electron chi connectivity index (χ1n) is 8.36. The number of aromatic nitrogens is 3. The van der Waals surface area contributed by atoms with Crippen molar-refractivity contribution >= 4 is 40.0 Å². The summed E-state index contributed by atoms with van der Waals surface area (Å²) in [4.78, 5) is 12.3. The van der Waals surface area contributed by atoms with E-state index in [1.165, 1.54) is 0 Å². The lowest BCUT2D eigenvalue weighted by Crippen LogP contribution is -2.26. The molecule has 2 aromatic heterocycles. The maximum Gasteiger partial charge on any atom is 0.211 e. The molecule has 3 aromatic rings. The van der Waals surface area contributed by atoms with Gasteiger partial charge in [0.15, 0.2) is 11.3 Å². The van der Waals surface area contributed by atoms with Crippen LogP contribution in [0.5, 0.6) is 0 Å². The number of nitriles is 1. The minimum Gasteiger partial charge on any atom is -0.342 e. The Kier molecular flexibility index (Phi) is 4.69. The van der Waals surface area contributed by atoms with E-state index < -0.39 is 0 Å². The molecule has 3 rings (SSSR count). The largest absolute Gasteiger partial charge is 0.342 e. The van der Waals surface area contributed by atoms with E-state index in [-0.39, 0.29) is 0 Å². The van der Waals surface area contributed by atoms with Gasteiger partial charge in [-0.25, -0.2) is 9.97 Å². The van der Waals surface area contributed by atoms with Gasteiger partial charge in [-0.3, -0.25) is 4.40 Å². The van der Waals surface area contributed by atoms with Gasteiger partial charge < -0.3 is 4.90 Å². The lowest BCUT2D eigenvalue weighted by Gasteiger charge is -2.23. The van der Waals surface area contributed by atoms with Gasteiger partial charge in [-0.1, -0.05) is 13.5 Å². The van der Waals surface area contributed by atoms with Crippen LogP contribution >= 0.6 is 12.6 Å². The van der Waals surface area contributed by atoms with Crippen LogP contribution in [0, 0.1) is 18.3 Å². The van der Waals surface area contributed by atoms with Crippen molar-refractivity contribution in [2.45, 2.75) is 27.2 Å². The first-order valence-corrected chi connectivity index (χ1v) is 8.81. The molecule has 0 saturated heterocycles. The highest BCUT2D eigenvalue weighted by molar-refractivity contribution is 7.90. The molecule has 0 radical (unpaired) electrons. The Labute approximate surface area is 153 Å². The number of aryl methyl sites for hydroxylation is 1. The van der Waals surface area contributed by atoms with Crippen LogP contribution in [0.15, 0.2) is 24.9 Å². The van der Waals surface area contributed by atoms with Gasteiger partial charge in [0.2, 0.25) is 5.95 Å². The first-order chi connectivity index (χ1) is 12.0. The fourth-order valence-electron chi connectivity index (χ4n) is 3.11. The molecule has 128 valence electrons. The Hall–Kier alpha value is -2.52. The quantitative estimate of drug-likeness (QED) is 0.700. The number of fused-ring (bicyclic) bond motifs is 3. The lowest BCUT2D eigenvalue weighted by atomic mass is 10.1. The van der Waals surface area contributed by atoms with E-state index in [0.29, 0.717) is 10.6 Å². The third-order valence-electron chi connectivity index (χ3n) is 4.21. The van der Waals surface area contributed by atoms with Crippen LogP contribution < -0.4 is 4.90 Å². The molecule has 0 bridgehead atoms. The zero-order chi connectivity index (χ0) is 18.1. The molecule has 5 nitrogen and oxygen atoms in total. The normalized spacial score (nSPS) is 11.0. The Bertz CT molecular complexity index is 1010. The Morgan fingerprint density at radius 1 is 1.36 bits per heavy atom. The highest BCUT2D eigenvalue weighted by Crippen LogP contribution is 2.31. The molecule has 0 amide bonds. The highest BCUT2D eigenvalue weighted by atomic mass is 32.1. The van der Waals surface area contributed by atoms with Crippen LogP contribution in [0.3, 0.4) is 0 Å². The summed E-state index contributed by atoms with van der Waals surface area (Å²) in [5.74, 6) is 0.792. The van der Waals surface area contributed by atoms with Crippen LogP contribution in [0.2, 0.25) is 0 Å². The maximum atomic E-state index is 9.31. The summed E-state index contributed by atoms with van der Waals surface area (Å²) in [6.07, 6.45) is 2.77. The molecule has 0 spiro atoms. The van der Waals surface area contributed by atoms with Gasteiger partial charge >= 0.3 is 0 Å². The minimum absolute atomic E-state index is 0.385. The molecule has 25 heavy (non-hydrogen) atoms. The maximum absolute atomic E-state index is 9.31. The number of nitrogens with zero attached hydrogens (tertiary/aromatic N) is 5. The van der Waals surface area contributed by atoms with E-state index in [1.54, 1.807) is 6.20 Å². The fourth-order valence-corrected chi connectivity index (χ4v) is 3.28. The summed E-state index contributed by atoms with van der Waals surface area (Å²) in [5, 5.41) is 10.2. The predicted molar refractivity (Wildman–Crippen MR) is 106 cm³/mol. The fraction of sp³-hybridized carbons (Fsp3) is 0.316. The number of imidazole rings is 1. The van der Waals surface area contributed by atoms with Crippen molar-refractivity contribution in [1.82, 2.24) is 14.4 Å². The topological polar surface area (TPSA) is 57.2 Å². The minimum atomic E-state index is 0.385. The van der Waals surface area contributed by atoms with Crippen LogP contribution in [0.1, 0.15) is 37.1 Å². The van der Waals surface area contributed by atoms with Gasteiger partial charge in [-0.2, -0.15) is 5.26 Å². The van der Waals surface area contributed by atoms with Crippen molar-refractivity contribution in [2.24, 2.45) is 0 Å². The number of thiol groups is 1. The van der Waals surface area contributed by atoms with Gasteiger partial charge in [0.25, 0.3) is 0 Å². The SMILES string of the molecule is C=C(S)c1cc(C)cc2c1nc(N(CC)CCC)n1cc(C#N)nc21. The van der Waals surface area contributed by atoms with Crippen molar-refractivity contribution < 1.29 is 0 Å². The van der Waals surface area contributed by atoms with Gasteiger partial charge in [-0.15, -0.1) is 12.6 Å². The van der Waals surface area contributed by atoms with Gasteiger partial charge in [0.05, 0.1) is 11.7 Å². The monoisotopic (exact) mass is 351 g/mol. The molecule has 0 fully saturated rings. The summed E-state index contributed by atoms with van der Waals surface area (Å²) >= 11 is 4.45. The molecule has 0 saturated carbocycles. The van der Waals surface area contributed by atoms with E-state index in [0.717, 1.165) is 53.1 Å². The lowest BCUT2D eigenvalue weighted by molar-refractivity contribution is 0.757. The van der Waals surface area contributed by atoms with Gasteiger partial charge in [0.1, 0.15) is 6.07 Å². The zero-order valence-corrected chi connectivity index (χ0v) is 15.6. The van der Waals surface area contributed by atoms with Crippen molar-refractivity contribution in [1.29, 1.82) is 5.26 Å². The molecule has 2 heterocycles. The summed E-state index contributed by atoms with van der Waals surface area (Å²) in [7, 11) is 0. The van der Waals surface area contributed by atoms with Crippen LogP contribution in [0.25, 0.3) is 21.5 Å². The van der Waals surface area contributed by atoms with E-state index in [1.807, 2.05) is 23.5 Å². The van der Waals surface area contributed by atoms with Crippen molar-refractivity contribution in [3.8, 4) is 6.07 Å².